The lowest BCUT2D eigenvalue weighted by Crippen LogP contribution is -2.49. The van der Waals surface area contributed by atoms with Crippen LogP contribution in [0.1, 0.15) is 40.5 Å². The zero-order chi connectivity index (χ0) is 18.2. The number of guanidine groups is 1. The van der Waals surface area contributed by atoms with E-state index in [2.05, 4.69) is 15.6 Å². The van der Waals surface area contributed by atoms with Crippen molar-refractivity contribution in [3.05, 3.63) is 0 Å². The summed E-state index contributed by atoms with van der Waals surface area (Å²) in [7, 11) is -0.915. The van der Waals surface area contributed by atoms with Crippen LogP contribution in [0.2, 0.25) is 0 Å². The van der Waals surface area contributed by atoms with Crippen LogP contribution in [0.4, 0.5) is 8.78 Å². The van der Waals surface area contributed by atoms with Crippen molar-refractivity contribution in [2.45, 2.75) is 57.8 Å². The first-order chi connectivity index (χ1) is 11.2. The highest BCUT2D eigenvalue weighted by atomic mass is 127. The Kier molecular flexibility index (Phi) is 12.4. The van der Waals surface area contributed by atoms with Gasteiger partial charge in [0, 0.05) is 47.0 Å². The minimum atomic E-state index is -2.27. The first-order valence-corrected chi connectivity index (χ1v) is 9.98. The van der Waals surface area contributed by atoms with Gasteiger partial charge >= 0.3 is 0 Å². The maximum absolute atomic E-state index is 12.4. The molecule has 150 valence electrons. The number of hydrogen-bond donors (Lipinski definition) is 2. The fraction of sp³-hybridized carbons (Fsp3) is 0.938. The van der Waals surface area contributed by atoms with Gasteiger partial charge in [-0.25, -0.2) is 8.78 Å². The Morgan fingerprint density at radius 3 is 2.40 bits per heavy atom. The van der Waals surface area contributed by atoms with Gasteiger partial charge < -0.3 is 10.6 Å². The molecule has 1 unspecified atom stereocenters. The summed E-state index contributed by atoms with van der Waals surface area (Å²) in [4.78, 5) is 6.30. The molecule has 0 amide bonds. The molecular formula is C16H33F2IN4OS. The third-order valence-electron chi connectivity index (χ3n) is 3.90. The van der Waals surface area contributed by atoms with Crippen LogP contribution in [0.5, 0.6) is 0 Å². The minimum Gasteiger partial charge on any atom is -0.357 e. The number of likely N-dealkylation sites (tertiary alicyclic amines) is 1. The van der Waals surface area contributed by atoms with Crippen LogP contribution in [0.25, 0.3) is 0 Å². The van der Waals surface area contributed by atoms with Gasteiger partial charge in [-0.05, 0) is 40.5 Å². The number of rotatable bonds is 7. The summed E-state index contributed by atoms with van der Waals surface area (Å²) in [5.74, 6) is 1.25. The quantitative estimate of drug-likeness (QED) is 0.325. The van der Waals surface area contributed by atoms with Crippen molar-refractivity contribution >= 4 is 40.7 Å². The highest BCUT2D eigenvalue weighted by molar-refractivity contribution is 14.0. The summed E-state index contributed by atoms with van der Waals surface area (Å²) in [5.41, 5.74) is 0. The van der Waals surface area contributed by atoms with Crippen LogP contribution < -0.4 is 10.6 Å². The number of piperidine rings is 1. The van der Waals surface area contributed by atoms with Crippen LogP contribution in [0, 0.1) is 0 Å². The number of hydrogen-bond acceptors (Lipinski definition) is 3. The zero-order valence-corrected chi connectivity index (χ0v) is 18.8. The molecule has 1 fully saturated rings. The van der Waals surface area contributed by atoms with E-state index in [0.717, 1.165) is 25.3 Å². The standard InChI is InChI=1S/C16H32F2N4OS.HI/c1-5-19-15(20-8-11-24(23)16(2,3)4)21-13-6-9-22(10-7-13)12-14(17)18;/h13-14H,5-12H2,1-4H3,(H2,19,20,21);1H. The van der Waals surface area contributed by atoms with Crippen LogP contribution in [-0.2, 0) is 10.8 Å². The van der Waals surface area contributed by atoms with E-state index in [-0.39, 0.29) is 41.3 Å². The summed E-state index contributed by atoms with van der Waals surface area (Å²) in [6.07, 6.45) is -0.618. The first kappa shape index (κ1) is 25.0. The van der Waals surface area contributed by atoms with Crippen molar-refractivity contribution in [2.24, 2.45) is 4.99 Å². The molecule has 0 aromatic carbocycles. The van der Waals surface area contributed by atoms with E-state index in [9.17, 15) is 13.0 Å². The summed E-state index contributed by atoms with van der Waals surface area (Å²) >= 11 is 0. The molecule has 0 spiro atoms. The number of halogens is 3. The summed E-state index contributed by atoms with van der Waals surface area (Å²) < 4.78 is 36.6. The summed E-state index contributed by atoms with van der Waals surface area (Å²) in [5, 5.41) is 6.56. The van der Waals surface area contributed by atoms with Gasteiger partial charge in [0.15, 0.2) is 5.96 Å². The topological polar surface area (TPSA) is 56.7 Å². The van der Waals surface area contributed by atoms with E-state index >= 15 is 0 Å². The van der Waals surface area contributed by atoms with E-state index in [1.165, 1.54) is 0 Å². The molecular weight excluding hydrogens is 461 g/mol. The summed E-state index contributed by atoms with van der Waals surface area (Å²) in [6, 6.07) is 0.241. The second kappa shape index (κ2) is 12.4. The van der Waals surface area contributed by atoms with Gasteiger partial charge in [-0.1, -0.05) is 0 Å². The van der Waals surface area contributed by atoms with Crippen LogP contribution in [-0.4, -0.2) is 70.8 Å². The van der Waals surface area contributed by atoms with Crippen molar-refractivity contribution < 1.29 is 13.0 Å². The lowest BCUT2D eigenvalue weighted by atomic mass is 10.1. The molecule has 0 saturated carbocycles. The third-order valence-corrected chi connectivity index (χ3v) is 5.82. The molecule has 0 aromatic heterocycles. The van der Waals surface area contributed by atoms with Crippen LogP contribution in [0.15, 0.2) is 4.99 Å². The maximum atomic E-state index is 12.4. The Balaban J connectivity index is 0.00000576. The van der Waals surface area contributed by atoms with E-state index in [1.54, 1.807) is 4.90 Å². The van der Waals surface area contributed by atoms with Gasteiger partial charge in [0.2, 0.25) is 0 Å². The van der Waals surface area contributed by atoms with Crippen molar-refractivity contribution in [2.75, 3.05) is 38.5 Å². The largest absolute Gasteiger partial charge is 0.357 e. The number of nitrogens with one attached hydrogen (secondary N) is 2. The average Bonchev–Trinajstić information content (AvgIpc) is 2.47. The SMILES string of the molecule is CCNC(=NCCS(=O)C(C)(C)C)NC1CCN(CC(F)F)CC1.I. The van der Waals surface area contributed by atoms with Crippen molar-refractivity contribution in [1.82, 2.24) is 15.5 Å². The Morgan fingerprint density at radius 1 is 1.32 bits per heavy atom. The van der Waals surface area contributed by atoms with Gasteiger partial charge in [-0.3, -0.25) is 14.1 Å². The molecule has 0 radical (unpaired) electrons. The van der Waals surface area contributed by atoms with Crippen molar-refractivity contribution in [3.63, 3.8) is 0 Å². The smallest absolute Gasteiger partial charge is 0.251 e. The Hall–Kier alpha value is -0.0300. The van der Waals surface area contributed by atoms with Crippen molar-refractivity contribution in [1.29, 1.82) is 0 Å². The highest BCUT2D eigenvalue weighted by Crippen LogP contribution is 2.12. The minimum absolute atomic E-state index is 0. The molecule has 0 aliphatic carbocycles. The number of nitrogens with zero attached hydrogens (tertiary/aromatic N) is 2. The number of aliphatic imine (C=N–C) groups is 1. The molecule has 5 nitrogen and oxygen atoms in total. The average molecular weight is 494 g/mol. The fourth-order valence-electron chi connectivity index (χ4n) is 2.51. The molecule has 25 heavy (non-hydrogen) atoms. The monoisotopic (exact) mass is 494 g/mol. The Labute approximate surface area is 170 Å². The zero-order valence-electron chi connectivity index (χ0n) is 15.7. The van der Waals surface area contributed by atoms with Gasteiger partial charge in [-0.15, -0.1) is 24.0 Å². The molecule has 2 N–H and O–H groups in total. The second-order valence-corrected chi connectivity index (χ2v) is 9.36. The van der Waals surface area contributed by atoms with E-state index in [1.807, 2.05) is 27.7 Å². The van der Waals surface area contributed by atoms with Crippen molar-refractivity contribution in [3.8, 4) is 0 Å². The highest BCUT2D eigenvalue weighted by Gasteiger charge is 2.22. The Morgan fingerprint density at radius 2 is 1.92 bits per heavy atom. The molecule has 1 saturated heterocycles. The van der Waals surface area contributed by atoms with Crippen LogP contribution in [0.3, 0.4) is 0 Å². The third kappa shape index (κ3) is 10.6. The van der Waals surface area contributed by atoms with Crippen LogP contribution >= 0.6 is 24.0 Å². The van der Waals surface area contributed by atoms with Gasteiger partial charge in [-0.2, -0.15) is 0 Å². The Bertz CT molecular complexity index is 425. The molecule has 1 heterocycles. The second-order valence-electron chi connectivity index (χ2n) is 7.03. The lowest BCUT2D eigenvalue weighted by molar-refractivity contribution is 0.0744. The fourth-order valence-corrected chi connectivity index (χ4v) is 3.38. The molecule has 1 aliphatic heterocycles. The predicted octanol–water partition coefficient (Wildman–Crippen LogP) is 2.44. The lowest BCUT2D eigenvalue weighted by Gasteiger charge is -2.32. The van der Waals surface area contributed by atoms with E-state index < -0.39 is 17.2 Å². The maximum Gasteiger partial charge on any atom is 0.251 e. The summed E-state index contributed by atoms with van der Waals surface area (Å²) in [6.45, 7) is 10.3. The van der Waals surface area contributed by atoms with Gasteiger partial charge in [0.25, 0.3) is 6.43 Å². The number of alkyl halides is 2. The van der Waals surface area contributed by atoms with E-state index in [0.29, 0.717) is 25.4 Å². The van der Waals surface area contributed by atoms with E-state index in [4.69, 9.17) is 0 Å². The molecule has 9 heteroatoms. The molecule has 1 rings (SSSR count). The first-order valence-electron chi connectivity index (χ1n) is 8.66. The molecule has 0 aromatic rings. The molecule has 0 bridgehead atoms. The predicted molar refractivity (Wildman–Crippen MR) is 113 cm³/mol. The van der Waals surface area contributed by atoms with Gasteiger partial charge in [0.1, 0.15) is 0 Å². The normalized spacial score (nSPS) is 18.8. The molecule has 1 atom stereocenters. The molecule has 1 aliphatic rings. The van der Waals surface area contributed by atoms with Gasteiger partial charge in [0.05, 0.1) is 13.1 Å².